The first-order chi connectivity index (χ1) is 17.5. The number of rotatable bonds is 5. The first-order valence-electron chi connectivity index (χ1n) is 13.0. The number of amides is 1. The highest BCUT2D eigenvalue weighted by Crippen LogP contribution is 2.36. The SMILES string of the molecule is CC1(C)OB(c2cnc3c(c2)cc(C(=O)NC2CCCCC2)c(=O)n3Cc2ccc(F)cc2)OC1(C)C. The van der Waals surface area contributed by atoms with Gasteiger partial charge in [0.2, 0.25) is 0 Å². The molecule has 5 rings (SSSR count). The molecule has 1 saturated heterocycles. The molecule has 0 spiro atoms. The van der Waals surface area contributed by atoms with E-state index in [-0.39, 0.29) is 29.9 Å². The number of nitrogens with one attached hydrogen (secondary N) is 1. The van der Waals surface area contributed by atoms with Crippen LogP contribution in [0.2, 0.25) is 0 Å². The number of pyridine rings is 2. The van der Waals surface area contributed by atoms with Crippen LogP contribution in [0.5, 0.6) is 0 Å². The van der Waals surface area contributed by atoms with Crippen molar-refractivity contribution < 1.29 is 18.5 Å². The Bertz CT molecular complexity index is 1360. The second-order valence-corrected chi connectivity index (χ2v) is 11.2. The van der Waals surface area contributed by atoms with Gasteiger partial charge in [0.25, 0.3) is 11.5 Å². The van der Waals surface area contributed by atoms with Crippen LogP contribution in [-0.4, -0.2) is 39.8 Å². The molecular formula is C28H33BFN3O4. The lowest BCUT2D eigenvalue weighted by Gasteiger charge is -2.32. The second-order valence-electron chi connectivity index (χ2n) is 11.2. The number of hydrogen-bond donors (Lipinski definition) is 1. The third-order valence-electron chi connectivity index (χ3n) is 7.91. The number of halogens is 1. The lowest BCUT2D eigenvalue weighted by Crippen LogP contribution is -2.41. The maximum absolute atomic E-state index is 13.6. The fourth-order valence-corrected chi connectivity index (χ4v) is 4.98. The standard InChI is InChI=1S/C28H33BFN3O4/c1-27(2)28(3,4)37-29(36-27)20-14-19-15-23(25(34)32-22-8-6-5-7-9-22)26(35)33(24(19)31-16-20)17-18-10-12-21(30)13-11-18/h10-16,22H,5-9,17H2,1-4H3,(H,32,34). The van der Waals surface area contributed by atoms with Crippen molar-refractivity contribution in [3.05, 3.63) is 69.9 Å². The van der Waals surface area contributed by atoms with E-state index >= 15 is 0 Å². The molecule has 3 heterocycles. The molecule has 2 fully saturated rings. The molecule has 9 heteroatoms. The normalized spacial score (nSPS) is 19.3. The van der Waals surface area contributed by atoms with E-state index < -0.39 is 23.9 Å². The minimum Gasteiger partial charge on any atom is -0.399 e. The Morgan fingerprint density at radius 3 is 2.38 bits per heavy atom. The molecule has 3 aromatic rings. The van der Waals surface area contributed by atoms with Gasteiger partial charge < -0.3 is 14.6 Å². The first-order valence-corrected chi connectivity index (χ1v) is 13.0. The van der Waals surface area contributed by atoms with Crippen molar-refractivity contribution in [2.45, 2.75) is 83.6 Å². The smallest absolute Gasteiger partial charge is 0.399 e. The van der Waals surface area contributed by atoms with Gasteiger partial charge >= 0.3 is 7.12 Å². The van der Waals surface area contributed by atoms with E-state index in [1.807, 2.05) is 33.8 Å². The minimum atomic E-state index is -0.626. The Balaban J connectivity index is 1.57. The lowest BCUT2D eigenvalue weighted by molar-refractivity contribution is 0.00578. The van der Waals surface area contributed by atoms with Crippen LogP contribution in [-0.2, 0) is 15.9 Å². The van der Waals surface area contributed by atoms with Gasteiger partial charge in [-0.05, 0) is 70.4 Å². The van der Waals surface area contributed by atoms with Crippen LogP contribution < -0.4 is 16.3 Å². The third kappa shape index (κ3) is 5.07. The zero-order valence-corrected chi connectivity index (χ0v) is 21.8. The van der Waals surface area contributed by atoms with Gasteiger partial charge in [-0.1, -0.05) is 31.4 Å². The number of fused-ring (bicyclic) bond motifs is 1. The Morgan fingerprint density at radius 2 is 1.73 bits per heavy atom. The van der Waals surface area contributed by atoms with E-state index in [0.717, 1.165) is 31.2 Å². The predicted octanol–water partition coefficient (Wildman–Crippen LogP) is 3.95. The molecule has 0 bridgehead atoms. The summed E-state index contributed by atoms with van der Waals surface area (Å²) in [5.74, 6) is -0.737. The molecule has 1 amide bonds. The summed E-state index contributed by atoms with van der Waals surface area (Å²) in [6.07, 6.45) is 6.78. The molecule has 0 unspecified atom stereocenters. The van der Waals surface area contributed by atoms with Gasteiger partial charge in [-0.25, -0.2) is 9.37 Å². The summed E-state index contributed by atoms with van der Waals surface area (Å²) >= 11 is 0. The monoisotopic (exact) mass is 505 g/mol. The molecule has 0 atom stereocenters. The van der Waals surface area contributed by atoms with Gasteiger partial charge in [-0.3, -0.25) is 14.2 Å². The second kappa shape index (κ2) is 9.69. The van der Waals surface area contributed by atoms with Crippen molar-refractivity contribution in [1.29, 1.82) is 0 Å². The molecule has 1 aliphatic heterocycles. The van der Waals surface area contributed by atoms with Gasteiger partial charge in [0.15, 0.2) is 0 Å². The average molecular weight is 505 g/mol. The molecule has 2 aliphatic rings. The Labute approximate surface area is 216 Å². The van der Waals surface area contributed by atoms with Crippen molar-refractivity contribution in [3.63, 3.8) is 0 Å². The van der Waals surface area contributed by atoms with E-state index in [4.69, 9.17) is 9.31 Å². The van der Waals surface area contributed by atoms with E-state index in [2.05, 4.69) is 10.3 Å². The summed E-state index contributed by atoms with van der Waals surface area (Å²) in [5.41, 5.74) is 0.471. The molecule has 0 radical (unpaired) electrons. The highest BCUT2D eigenvalue weighted by molar-refractivity contribution is 6.62. The zero-order chi connectivity index (χ0) is 26.4. The summed E-state index contributed by atoms with van der Waals surface area (Å²) in [7, 11) is -0.626. The fourth-order valence-electron chi connectivity index (χ4n) is 4.98. The fraction of sp³-hybridized carbons (Fsp3) is 0.464. The van der Waals surface area contributed by atoms with E-state index in [1.54, 1.807) is 24.4 Å². The van der Waals surface area contributed by atoms with Crippen LogP contribution in [0.3, 0.4) is 0 Å². The number of carbonyl (C=O) groups excluding carboxylic acids is 1. The Morgan fingerprint density at radius 1 is 1.08 bits per heavy atom. The topological polar surface area (TPSA) is 82.5 Å². The van der Waals surface area contributed by atoms with Gasteiger partial charge in [0.1, 0.15) is 17.0 Å². The quantitative estimate of drug-likeness (QED) is 0.532. The molecular weight excluding hydrogens is 472 g/mol. The summed E-state index contributed by atoms with van der Waals surface area (Å²) in [6, 6.07) is 9.50. The van der Waals surface area contributed by atoms with Gasteiger partial charge in [-0.15, -0.1) is 0 Å². The van der Waals surface area contributed by atoms with Crippen LogP contribution in [0.25, 0.3) is 11.0 Å². The van der Waals surface area contributed by atoms with Gasteiger partial charge in [-0.2, -0.15) is 0 Å². The molecule has 1 N–H and O–H groups in total. The van der Waals surface area contributed by atoms with E-state index in [9.17, 15) is 14.0 Å². The molecule has 7 nitrogen and oxygen atoms in total. The molecule has 194 valence electrons. The number of carbonyl (C=O) groups is 1. The van der Waals surface area contributed by atoms with Gasteiger partial charge in [0, 0.05) is 23.1 Å². The Kier molecular flexibility index (Phi) is 6.70. The van der Waals surface area contributed by atoms with Crippen LogP contribution in [0.4, 0.5) is 4.39 Å². The maximum atomic E-state index is 13.6. The average Bonchev–Trinajstić information content (AvgIpc) is 3.08. The van der Waals surface area contributed by atoms with Crippen molar-refractivity contribution in [3.8, 4) is 0 Å². The van der Waals surface area contributed by atoms with Crippen molar-refractivity contribution in [1.82, 2.24) is 14.9 Å². The maximum Gasteiger partial charge on any atom is 0.496 e. The minimum absolute atomic E-state index is 0.0630. The third-order valence-corrected chi connectivity index (χ3v) is 7.91. The zero-order valence-electron chi connectivity index (χ0n) is 21.8. The molecule has 1 saturated carbocycles. The van der Waals surface area contributed by atoms with Crippen molar-refractivity contribution in [2.24, 2.45) is 0 Å². The number of nitrogens with zero attached hydrogens (tertiary/aromatic N) is 2. The van der Waals surface area contributed by atoms with Crippen LogP contribution >= 0.6 is 0 Å². The molecule has 2 aromatic heterocycles. The highest BCUT2D eigenvalue weighted by Gasteiger charge is 2.51. The number of benzene rings is 1. The molecule has 1 aliphatic carbocycles. The van der Waals surface area contributed by atoms with Gasteiger partial charge in [0.05, 0.1) is 17.7 Å². The van der Waals surface area contributed by atoms with E-state index in [1.165, 1.54) is 23.1 Å². The molecule has 1 aromatic carbocycles. The van der Waals surface area contributed by atoms with E-state index in [0.29, 0.717) is 16.5 Å². The number of hydrogen-bond acceptors (Lipinski definition) is 5. The summed E-state index contributed by atoms with van der Waals surface area (Å²) in [6.45, 7) is 8.08. The molecule has 37 heavy (non-hydrogen) atoms. The highest BCUT2D eigenvalue weighted by atomic mass is 19.1. The summed E-state index contributed by atoms with van der Waals surface area (Å²) in [4.78, 5) is 31.5. The largest absolute Gasteiger partial charge is 0.496 e. The van der Waals surface area contributed by atoms with Crippen LogP contribution in [0, 0.1) is 5.82 Å². The first kappa shape index (κ1) is 25.6. The Hall–Kier alpha value is -3.04. The lowest BCUT2D eigenvalue weighted by atomic mass is 9.80. The van der Waals surface area contributed by atoms with Crippen LogP contribution in [0.1, 0.15) is 75.7 Å². The number of aromatic nitrogens is 2. The predicted molar refractivity (Wildman–Crippen MR) is 142 cm³/mol. The van der Waals surface area contributed by atoms with Crippen molar-refractivity contribution >= 4 is 29.5 Å². The van der Waals surface area contributed by atoms with Crippen LogP contribution in [0.15, 0.2) is 47.4 Å². The van der Waals surface area contributed by atoms with Crippen molar-refractivity contribution in [2.75, 3.05) is 0 Å². The summed E-state index contributed by atoms with van der Waals surface area (Å²) < 4.78 is 27.4. The summed E-state index contributed by atoms with van der Waals surface area (Å²) in [5, 5.41) is 3.69.